The predicted molar refractivity (Wildman–Crippen MR) is 117 cm³/mol. The molecule has 0 aromatic heterocycles. The fraction of sp³-hybridized carbons (Fsp3) is 0.240. The molecule has 176 valence electrons. The van der Waals surface area contributed by atoms with Crippen molar-refractivity contribution in [2.45, 2.75) is 31.2 Å². The normalized spacial score (nSPS) is 15.6. The monoisotopic (exact) mass is 471 g/mol. The average Bonchev–Trinajstić information content (AvgIpc) is 3.50. The van der Waals surface area contributed by atoms with Gasteiger partial charge in [-0.15, -0.1) is 13.2 Å². The summed E-state index contributed by atoms with van der Waals surface area (Å²) in [5.41, 5.74) is 1.63. The molecular formula is C25H20F3NO5. The minimum atomic E-state index is -4.92. The molecule has 1 saturated carbocycles. The molecule has 6 nitrogen and oxygen atoms in total. The summed E-state index contributed by atoms with van der Waals surface area (Å²) in [5.74, 6) is 0.172. The van der Waals surface area contributed by atoms with E-state index in [9.17, 15) is 23.1 Å². The fourth-order valence-electron chi connectivity index (χ4n) is 4.08. The third-order valence-electron chi connectivity index (χ3n) is 6.01. The number of rotatable bonds is 6. The van der Waals surface area contributed by atoms with Crippen LogP contribution in [0.4, 0.5) is 18.9 Å². The Hall–Kier alpha value is -3.72. The third kappa shape index (κ3) is 4.26. The van der Waals surface area contributed by atoms with E-state index in [0.29, 0.717) is 46.6 Å². The highest BCUT2D eigenvalue weighted by Crippen LogP contribution is 2.51. The quantitative estimate of drug-likeness (QED) is 0.521. The van der Waals surface area contributed by atoms with E-state index in [-0.39, 0.29) is 19.1 Å². The van der Waals surface area contributed by atoms with Gasteiger partial charge in [-0.25, -0.2) is 0 Å². The fourth-order valence-corrected chi connectivity index (χ4v) is 4.08. The number of benzene rings is 3. The molecule has 3 aromatic rings. The van der Waals surface area contributed by atoms with Gasteiger partial charge in [-0.05, 0) is 65.4 Å². The first-order valence-corrected chi connectivity index (χ1v) is 10.6. The van der Waals surface area contributed by atoms with Crippen LogP contribution in [-0.4, -0.2) is 24.2 Å². The van der Waals surface area contributed by atoms with Gasteiger partial charge in [-0.1, -0.05) is 30.3 Å². The number of carbonyl (C=O) groups excluding carboxylic acids is 1. The van der Waals surface area contributed by atoms with Crippen LogP contribution < -0.4 is 19.5 Å². The van der Waals surface area contributed by atoms with Crippen LogP contribution in [0.2, 0.25) is 0 Å². The van der Waals surface area contributed by atoms with Crippen LogP contribution in [-0.2, 0) is 16.8 Å². The topological polar surface area (TPSA) is 77.0 Å². The zero-order chi connectivity index (χ0) is 23.9. The Bertz CT molecular complexity index is 1250. The molecule has 1 aliphatic carbocycles. The van der Waals surface area contributed by atoms with Gasteiger partial charge in [-0.3, -0.25) is 4.79 Å². The minimum absolute atomic E-state index is 0.0961. The molecular weight excluding hydrogens is 451 g/mol. The number of anilines is 1. The standard InChI is InChI=1S/C25H20F3NO5/c26-25(27,28)34-20-6-4-17(16-3-1-2-15(10-16)13-30)11-19(20)29-23(31)24(8-9-24)18-5-7-21-22(12-18)33-14-32-21/h1-7,10-12,30H,8-9,13-14H2,(H,29,31). The van der Waals surface area contributed by atoms with Gasteiger partial charge < -0.3 is 24.6 Å². The number of carbonyl (C=O) groups is 1. The van der Waals surface area contributed by atoms with Gasteiger partial charge in [-0.2, -0.15) is 0 Å². The number of ether oxygens (including phenoxy) is 3. The second kappa shape index (κ2) is 8.25. The number of alkyl halides is 3. The first kappa shape index (κ1) is 22.1. The number of halogens is 3. The van der Waals surface area contributed by atoms with Crippen molar-refractivity contribution in [2.24, 2.45) is 0 Å². The Morgan fingerprint density at radius 3 is 2.50 bits per heavy atom. The molecule has 0 spiro atoms. The lowest BCUT2D eigenvalue weighted by Crippen LogP contribution is -2.28. The van der Waals surface area contributed by atoms with Crippen molar-refractivity contribution < 1.29 is 37.3 Å². The van der Waals surface area contributed by atoms with Crippen LogP contribution in [0.15, 0.2) is 60.7 Å². The van der Waals surface area contributed by atoms with Gasteiger partial charge >= 0.3 is 6.36 Å². The maximum atomic E-state index is 13.3. The summed E-state index contributed by atoms with van der Waals surface area (Å²) in [6, 6.07) is 16.3. The van der Waals surface area contributed by atoms with E-state index in [2.05, 4.69) is 10.1 Å². The van der Waals surface area contributed by atoms with Gasteiger partial charge in [0.05, 0.1) is 17.7 Å². The molecule has 0 unspecified atom stereocenters. The van der Waals surface area contributed by atoms with Crippen LogP contribution in [0, 0.1) is 0 Å². The van der Waals surface area contributed by atoms with Gasteiger partial charge in [0, 0.05) is 0 Å². The van der Waals surface area contributed by atoms with Gasteiger partial charge in [0.25, 0.3) is 0 Å². The Morgan fingerprint density at radius 1 is 1.00 bits per heavy atom. The number of hydrogen-bond donors (Lipinski definition) is 2. The molecule has 1 fully saturated rings. The van der Waals surface area contributed by atoms with Gasteiger partial charge in [0.2, 0.25) is 12.7 Å². The Balaban J connectivity index is 1.48. The molecule has 5 rings (SSSR count). The molecule has 1 heterocycles. The van der Waals surface area contributed by atoms with Crippen molar-refractivity contribution in [3.8, 4) is 28.4 Å². The summed E-state index contributed by atoms with van der Waals surface area (Å²) in [6.45, 7) is -0.0782. The lowest BCUT2D eigenvalue weighted by molar-refractivity contribution is -0.274. The smallest absolute Gasteiger partial charge is 0.454 e. The van der Waals surface area contributed by atoms with Crippen LogP contribution >= 0.6 is 0 Å². The SMILES string of the molecule is O=C(Nc1cc(-c2cccc(CO)c2)ccc1OC(F)(F)F)C1(c2ccc3c(c2)OCO3)CC1. The molecule has 2 aliphatic rings. The summed E-state index contributed by atoms with van der Waals surface area (Å²) in [4.78, 5) is 13.3. The lowest BCUT2D eigenvalue weighted by atomic mass is 9.94. The Morgan fingerprint density at radius 2 is 1.76 bits per heavy atom. The van der Waals surface area contributed by atoms with E-state index in [4.69, 9.17) is 9.47 Å². The Kier molecular flexibility index (Phi) is 5.36. The molecule has 0 radical (unpaired) electrons. The van der Waals surface area contributed by atoms with Crippen molar-refractivity contribution in [1.82, 2.24) is 0 Å². The molecule has 9 heteroatoms. The maximum absolute atomic E-state index is 13.3. The molecule has 3 aromatic carbocycles. The first-order valence-electron chi connectivity index (χ1n) is 10.6. The van der Waals surface area contributed by atoms with Gasteiger partial charge in [0.15, 0.2) is 17.2 Å². The number of fused-ring (bicyclic) bond motifs is 1. The second-order valence-corrected chi connectivity index (χ2v) is 8.22. The lowest BCUT2D eigenvalue weighted by Gasteiger charge is -2.19. The number of amides is 1. The van der Waals surface area contributed by atoms with Crippen LogP contribution in [0.1, 0.15) is 24.0 Å². The Labute approximate surface area is 192 Å². The van der Waals surface area contributed by atoms with E-state index in [0.717, 1.165) is 0 Å². The zero-order valence-corrected chi connectivity index (χ0v) is 17.8. The number of aliphatic hydroxyl groups excluding tert-OH is 1. The molecule has 2 N–H and O–H groups in total. The molecule has 0 atom stereocenters. The van der Waals surface area contributed by atoms with Crippen LogP contribution in [0.5, 0.6) is 17.2 Å². The van der Waals surface area contributed by atoms with E-state index < -0.39 is 23.4 Å². The number of nitrogens with one attached hydrogen (secondary N) is 1. The van der Waals surface area contributed by atoms with Crippen LogP contribution in [0.3, 0.4) is 0 Å². The average molecular weight is 471 g/mol. The number of hydrogen-bond acceptors (Lipinski definition) is 5. The van der Waals surface area contributed by atoms with Gasteiger partial charge in [0.1, 0.15) is 0 Å². The minimum Gasteiger partial charge on any atom is -0.454 e. The van der Waals surface area contributed by atoms with Crippen molar-refractivity contribution >= 4 is 11.6 Å². The highest BCUT2D eigenvalue weighted by atomic mass is 19.4. The second-order valence-electron chi connectivity index (χ2n) is 8.22. The number of aliphatic hydroxyl groups is 1. The summed E-state index contributed by atoms with van der Waals surface area (Å²) >= 11 is 0. The highest BCUT2D eigenvalue weighted by molar-refractivity contribution is 6.02. The first-order chi connectivity index (χ1) is 16.3. The van der Waals surface area contributed by atoms with E-state index >= 15 is 0 Å². The van der Waals surface area contributed by atoms with Crippen molar-refractivity contribution in [2.75, 3.05) is 12.1 Å². The molecule has 34 heavy (non-hydrogen) atoms. The predicted octanol–water partition coefficient (Wildman–Crippen LogP) is 5.14. The third-order valence-corrected chi connectivity index (χ3v) is 6.01. The molecule has 0 saturated heterocycles. The van der Waals surface area contributed by atoms with E-state index in [1.807, 2.05) is 0 Å². The zero-order valence-electron chi connectivity index (χ0n) is 17.8. The summed E-state index contributed by atoms with van der Waals surface area (Å²) in [7, 11) is 0. The summed E-state index contributed by atoms with van der Waals surface area (Å²) in [5, 5.41) is 12.1. The molecule has 0 bridgehead atoms. The van der Waals surface area contributed by atoms with Crippen molar-refractivity contribution in [1.29, 1.82) is 0 Å². The van der Waals surface area contributed by atoms with E-state index in [1.54, 1.807) is 42.5 Å². The largest absolute Gasteiger partial charge is 0.573 e. The highest BCUT2D eigenvalue weighted by Gasteiger charge is 2.52. The van der Waals surface area contributed by atoms with Crippen molar-refractivity contribution in [3.05, 3.63) is 71.8 Å². The molecule has 1 aliphatic heterocycles. The summed E-state index contributed by atoms with van der Waals surface area (Å²) < 4.78 is 54.0. The van der Waals surface area contributed by atoms with Crippen molar-refractivity contribution in [3.63, 3.8) is 0 Å². The summed E-state index contributed by atoms with van der Waals surface area (Å²) in [6.07, 6.45) is -3.83. The van der Waals surface area contributed by atoms with Crippen LogP contribution in [0.25, 0.3) is 11.1 Å². The van der Waals surface area contributed by atoms with E-state index in [1.165, 1.54) is 18.2 Å². The molecule has 1 amide bonds. The maximum Gasteiger partial charge on any atom is 0.573 e.